The van der Waals surface area contributed by atoms with Crippen LogP contribution in [0.2, 0.25) is 0 Å². The zero-order chi connectivity index (χ0) is 37.6. The second-order valence-electron chi connectivity index (χ2n) is 16.2. The molecule has 268 valence electrons. The molecule has 8 aromatic rings. The van der Waals surface area contributed by atoms with Crippen LogP contribution >= 0.6 is 0 Å². The molecule has 2 heteroatoms. The number of fused-ring (bicyclic) bond motifs is 14. The van der Waals surface area contributed by atoms with Crippen molar-refractivity contribution in [3.63, 3.8) is 0 Å². The van der Waals surface area contributed by atoms with Gasteiger partial charge in [-0.15, -0.1) is 0 Å². The summed E-state index contributed by atoms with van der Waals surface area (Å²) in [6.45, 7) is 5.41. The number of nitrogens with two attached hydrogens (primary N) is 1. The number of hydrogen-bond donors (Lipinski definition) is 2. The van der Waals surface area contributed by atoms with Crippen LogP contribution in [0.1, 0.15) is 70.0 Å². The third kappa shape index (κ3) is 4.54. The van der Waals surface area contributed by atoms with Gasteiger partial charge in [0.05, 0.1) is 11.5 Å². The molecular weight excluding hydrogens is 677 g/mol. The summed E-state index contributed by atoms with van der Waals surface area (Å²) < 4.78 is 0. The Labute approximate surface area is 329 Å². The molecule has 0 aromatic heterocycles. The van der Waals surface area contributed by atoms with Crippen LogP contribution in [-0.2, 0) is 17.4 Å². The zero-order valence-corrected chi connectivity index (χ0v) is 31.7. The summed E-state index contributed by atoms with van der Waals surface area (Å²) >= 11 is 0. The van der Waals surface area contributed by atoms with Gasteiger partial charge in [-0.05, 0) is 107 Å². The van der Waals surface area contributed by atoms with Gasteiger partial charge < -0.3 is 11.1 Å². The van der Waals surface area contributed by atoms with Crippen LogP contribution in [-0.4, -0.2) is 0 Å². The van der Waals surface area contributed by atoms with Gasteiger partial charge in [-0.2, -0.15) is 0 Å². The lowest BCUT2D eigenvalue weighted by atomic mass is 9.70. The summed E-state index contributed by atoms with van der Waals surface area (Å²) in [5, 5.41) is 6.45. The molecule has 0 saturated carbocycles. The van der Waals surface area contributed by atoms with Gasteiger partial charge in [-0.3, -0.25) is 0 Å². The molecule has 1 atom stereocenters. The first-order valence-electron chi connectivity index (χ1n) is 19.8. The van der Waals surface area contributed by atoms with Crippen molar-refractivity contribution in [3.8, 4) is 33.4 Å². The molecule has 11 rings (SSSR count). The Morgan fingerprint density at radius 2 is 1.07 bits per heavy atom. The van der Waals surface area contributed by atoms with Crippen molar-refractivity contribution in [3.05, 3.63) is 232 Å². The second kappa shape index (κ2) is 12.3. The normalized spacial score (nSPS) is 15.4. The third-order valence-corrected chi connectivity index (χ3v) is 12.9. The van der Waals surface area contributed by atoms with Crippen molar-refractivity contribution in [2.45, 2.75) is 37.3 Å². The molecule has 1 unspecified atom stereocenters. The highest BCUT2D eigenvalue weighted by atomic mass is 14.9. The summed E-state index contributed by atoms with van der Waals surface area (Å²) in [6.07, 6.45) is 2.28. The minimum atomic E-state index is -0.411. The summed E-state index contributed by atoms with van der Waals surface area (Å²) in [5.41, 5.74) is 27.3. The molecule has 0 fully saturated rings. The predicted molar refractivity (Wildman–Crippen MR) is 232 cm³/mol. The Balaban J connectivity index is 1.12. The van der Waals surface area contributed by atoms with Crippen LogP contribution < -0.4 is 11.1 Å². The fraction of sp³-hybridized carbons (Fsp3) is 0.111. The Hall–Kier alpha value is -6.48. The first kappa shape index (κ1) is 32.9. The molecule has 3 aliphatic rings. The quantitative estimate of drug-likeness (QED) is 0.180. The molecule has 0 radical (unpaired) electrons. The summed E-state index contributed by atoms with van der Waals surface area (Å²) in [5.74, 6) is 0. The van der Waals surface area contributed by atoms with E-state index in [0.29, 0.717) is 6.54 Å². The molecule has 0 bridgehead atoms. The van der Waals surface area contributed by atoms with Gasteiger partial charge in [-0.1, -0.05) is 178 Å². The number of hydrogen-bond acceptors (Lipinski definition) is 2. The van der Waals surface area contributed by atoms with Gasteiger partial charge in [-0.25, -0.2) is 0 Å². The summed E-state index contributed by atoms with van der Waals surface area (Å²) in [6, 6.07) is 64.4. The Kier molecular flexibility index (Phi) is 7.21. The molecule has 2 nitrogen and oxygen atoms in total. The van der Waals surface area contributed by atoms with E-state index in [2.05, 4.69) is 201 Å². The van der Waals surface area contributed by atoms with Crippen molar-refractivity contribution in [2.24, 2.45) is 5.73 Å². The maximum Gasteiger partial charge on any atom is 0.0725 e. The van der Waals surface area contributed by atoms with Crippen LogP contribution in [0.3, 0.4) is 0 Å². The molecule has 0 saturated heterocycles. The van der Waals surface area contributed by atoms with Crippen LogP contribution in [0, 0.1) is 0 Å². The second-order valence-corrected chi connectivity index (χ2v) is 16.2. The summed E-state index contributed by atoms with van der Waals surface area (Å²) in [7, 11) is 0. The van der Waals surface area contributed by atoms with E-state index in [1.165, 1.54) is 88.7 Å². The molecule has 0 heterocycles. The first-order chi connectivity index (χ1) is 27.5. The van der Waals surface area contributed by atoms with Gasteiger partial charge >= 0.3 is 0 Å². The van der Waals surface area contributed by atoms with Gasteiger partial charge in [0.1, 0.15) is 0 Å². The fourth-order valence-electron chi connectivity index (χ4n) is 10.5. The van der Waals surface area contributed by atoms with Gasteiger partial charge in [0, 0.05) is 23.2 Å². The Bertz CT molecular complexity index is 2870. The minimum Gasteiger partial charge on any atom is -0.381 e. The van der Waals surface area contributed by atoms with Crippen molar-refractivity contribution in [2.75, 3.05) is 0 Å². The van der Waals surface area contributed by atoms with Crippen LogP contribution in [0.5, 0.6) is 0 Å². The standard InChI is InChI=1S/C54H42N2/c1-53(2)46-28-15-24-41(52(46)42-30-35-18-6-7-19-36(35)31-48(42)53)50(56-33-34-16-4-3-5-17-34)32-49(55)40-23-14-29-47-51(40)39-22-10-13-27-45(39)54(47)43-25-11-8-20-37(43)38-21-9-12-26-44(38)54/h3-32,49,56H,33,55H2,1-2H3/b50-32-. The fourth-order valence-corrected chi connectivity index (χ4v) is 10.5. The van der Waals surface area contributed by atoms with E-state index in [1.807, 2.05) is 0 Å². The van der Waals surface area contributed by atoms with Crippen LogP contribution in [0.25, 0.3) is 49.9 Å². The third-order valence-electron chi connectivity index (χ3n) is 12.9. The van der Waals surface area contributed by atoms with Gasteiger partial charge in [0.2, 0.25) is 0 Å². The van der Waals surface area contributed by atoms with Crippen molar-refractivity contribution < 1.29 is 0 Å². The summed E-state index contributed by atoms with van der Waals surface area (Å²) in [4.78, 5) is 0. The highest BCUT2D eigenvalue weighted by Gasteiger charge is 2.52. The van der Waals surface area contributed by atoms with Gasteiger partial charge in [0.25, 0.3) is 0 Å². The lowest BCUT2D eigenvalue weighted by Gasteiger charge is -2.30. The lowest BCUT2D eigenvalue weighted by Crippen LogP contribution is -2.26. The number of nitrogens with one attached hydrogen (secondary N) is 1. The van der Waals surface area contributed by atoms with E-state index in [9.17, 15) is 0 Å². The van der Waals surface area contributed by atoms with Crippen LogP contribution in [0.4, 0.5) is 0 Å². The molecule has 3 aliphatic carbocycles. The molecule has 3 N–H and O–H groups in total. The molecule has 1 spiro atoms. The monoisotopic (exact) mass is 718 g/mol. The number of rotatable bonds is 6. The van der Waals surface area contributed by atoms with Crippen LogP contribution in [0.15, 0.2) is 182 Å². The van der Waals surface area contributed by atoms with E-state index in [4.69, 9.17) is 5.73 Å². The maximum absolute atomic E-state index is 7.56. The predicted octanol–water partition coefficient (Wildman–Crippen LogP) is 12.3. The maximum atomic E-state index is 7.56. The largest absolute Gasteiger partial charge is 0.381 e. The van der Waals surface area contributed by atoms with E-state index in [0.717, 1.165) is 11.3 Å². The molecule has 8 aromatic carbocycles. The minimum absolute atomic E-state index is 0.149. The smallest absolute Gasteiger partial charge is 0.0725 e. The van der Waals surface area contributed by atoms with Crippen molar-refractivity contribution in [1.82, 2.24) is 5.32 Å². The van der Waals surface area contributed by atoms with Crippen molar-refractivity contribution in [1.29, 1.82) is 0 Å². The Morgan fingerprint density at radius 3 is 1.79 bits per heavy atom. The van der Waals surface area contributed by atoms with E-state index in [-0.39, 0.29) is 11.5 Å². The molecular formula is C54H42N2. The lowest BCUT2D eigenvalue weighted by molar-refractivity contribution is 0.661. The highest BCUT2D eigenvalue weighted by molar-refractivity contribution is 5.98. The zero-order valence-electron chi connectivity index (χ0n) is 31.7. The molecule has 0 aliphatic heterocycles. The number of benzene rings is 8. The topological polar surface area (TPSA) is 38.0 Å². The van der Waals surface area contributed by atoms with E-state index < -0.39 is 5.41 Å². The average Bonchev–Trinajstić information content (AvgIpc) is 3.80. The van der Waals surface area contributed by atoms with E-state index >= 15 is 0 Å². The SMILES string of the molecule is CC1(C)c2cc3ccccc3cc2-c2c(/C(=C/C(N)c3cccc4c3-c3ccccc3C43c4ccccc4-c4ccccc43)NCc3ccccc3)cccc21. The first-order valence-corrected chi connectivity index (χ1v) is 19.8. The van der Waals surface area contributed by atoms with E-state index in [1.54, 1.807) is 0 Å². The average molecular weight is 719 g/mol. The molecule has 0 amide bonds. The van der Waals surface area contributed by atoms with Gasteiger partial charge in [0.15, 0.2) is 0 Å². The van der Waals surface area contributed by atoms with Crippen molar-refractivity contribution >= 4 is 16.5 Å². The highest BCUT2D eigenvalue weighted by Crippen LogP contribution is 2.63. The molecule has 56 heavy (non-hydrogen) atoms. The Morgan fingerprint density at radius 1 is 0.518 bits per heavy atom.